The first-order valence-electron chi connectivity index (χ1n) is 24.9. The highest BCUT2D eigenvalue weighted by Gasteiger charge is 2.36. The first-order chi connectivity index (χ1) is 36.2. The van der Waals surface area contributed by atoms with E-state index in [1.165, 1.54) is 60.8 Å². The molecular weight excluding hydrogens is 903 g/mol. The lowest BCUT2D eigenvalue weighted by Crippen LogP contribution is -2.15. The van der Waals surface area contributed by atoms with Crippen molar-refractivity contribution in [3.63, 3.8) is 0 Å². The highest BCUT2D eigenvalue weighted by atomic mass is 15.1. The van der Waals surface area contributed by atoms with Crippen molar-refractivity contribution < 1.29 is 0 Å². The molecule has 0 saturated carbocycles. The summed E-state index contributed by atoms with van der Waals surface area (Å²) in [6.45, 7) is 10.4. The molecular formula is C67H47N7. The van der Waals surface area contributed by atoms with Gasteiger partial charge in [0.05, 0.1) is 28.1 Å². The van der Waals surface area contributed by atoms with E-state index in [0.29, 0.717) is 28.7 Å². The summed E-state index contributed by atoms with van der Waals surface area (Å²) in [5.74, 6) is 2.27. The van der Waals surface area contributed by atoms with Crippen molar-refractivity contribution in [2.75, 3.05) is 0 Å². The molecule has 0 bridgehead atoms. The molecule has 13 rings (SSSR count). The molecule has 0 spiro atoms. The maximum Gasteiger partial charge on any atom is 0.182 e. The van der Waals surface area contributed by atoms with Crippen molar-refractivity contribution in [3.05, 3.63) is 248 Å². The summed E-state index contributed by atoms with van der Waals surface area (Å²) in [7, 11) is 0. The Morgan fingerprint density at radius 1 is 0.514 bits per heavy atom. The van der Waals surface area contributed by atoms with E-state index >= 15 is 0 Å². The molecule has 350 valence electrons. The largest absolute Gasteiger partial charge is 0.309 e. The van der Waals surface area contributed by atoms with Crippen LogP contribution in [0.15, 0.2) is 231 Å². The lowest BCUT2D eigenvalue weighted by Gasteiger charge is -2.23. The minimum Gasteiger partial charge on any atom is -0.309 e. The van der Waals surface area contributed by atoms with E-state index in [-0.39, 0.29) is 5.41 Å². The first kappa shape index (κ1) is 44.2. The molecule has 0 N–H and O–H groups in total. The Kier molecular flexibility index (Phi) is 10.5. The first-order valence-corrected chi connectivity index (χ1v) is 24.9. The number of benzene rings is 8. The maximum absolute atomic E-state index is 9.21. The third-order valence-electron chi connectivity index (χ3n) is 14.7. The molecule has 0 unspecified atom stereocenters. The van der Waals surface area contributed by atoms with E-state index in [1.807, 2.05) is 61.5 Å². The lowest BCUT2D eigenvalue weighted by atomic mass is 9.80. The Hall–Kier alpha value is -9.77. The SMILES string of the molecule is C=C(C#N)/C=C\C=C(/C)c1nc(-c2ccccc2)nc(-c2cccc(-n3c4ccccc4c4cc(-c5ccc6c(c5)C(C)(C)c5cc(-c7cccc8c7c7ccccc7n8-c7ccccc7)ccc5-6)ccc43)n2)n1. The zero-order chi connectivity index (χ0) is 50.1. The molecule has 0 saturated heterocycles. The van der Waals surface area contributed by atoms with Gasteiger partial charge in [-0.15, -0.1) is 0 Å². The normalized spacial score (nSPS) is 13.0. The third-order valence-corrected chi connectivity index (χ3v) is 14.7. The van der Waals surface area contributed by atoms with Crippen LogP contribution in [0.1, 0.15) is 37.7 Å². The molecule has 8 aromatic carbocycles. The molecule has 0 fully saturated rings. The van der Waals surface area contributed by atoms with Crippen LogP contribution in [0.4, 0.5) is 0 Å². The van der Waals surface area contributed by atoms with Gasteiger partial charge in [-0.3, -0.25) is 4.57 Å². The summed E-state index contributed by atoms with van der Waals surface area (Å²) < 4.78 is 4.62. The highest BCUT2D eigenvalue weighted by molar-refractivity contribution is 6.16. The molecule has 0 atom stereocenters. The van der Waals surface area contributed by atoms with Crippen LogP contribution in [-0.4, -0.2) is 29.1 Å². The number of nitriles is 1. The van der Waals surface area contributed by atoms with Crippen molar-refractivity contribution in [1.82, 2.24) is 29.1 Å². The Morgan fingerprint density at radius 3 is 1.89 bits per heavy atom. The molecule has 7 heteroatoms. The van der Waals surface area contributed by atoms with Gasteiger partial charge >= 0.3 is 0 Å². The molecule has 12 aromatic rings. The van der Waals surface area contributed by atoms with Crippen LogP contribution < -0.4 is 0 Å². The van der Waals surface area contributed by atoms with Gasteiger partial charge in [-0.2, -0.15) is 5.26 Å². The topological polar surface area (TPSA) is 85.2 Å². The van der Waals surface area contributed by atoms with Crippen LogP contribution in [0, 0.1) is 11.3 Å². The second-order valence-corrected chi connectivity index (χ2v) is 19.5. The summed E-state index contributed by atoms with van der Waals surface area (Å²) in [6.07, 6.45) is 5.33. The zero-order valence-electron chi connectivity index (χ0n) is 41.1. The molecule has 1 aliphatic rings. The zero-order valence-corrected chi connectivity index (χ0v) is 41.1. The number of aromatic nitrogens is 6. The quantitative estimate of drug-likeness (QED) is 0.106. The Balaban J connectivity index is 0.868. The predicted molar refractivity (Wildman–Crippen MR) is 303 cm³/mol. The van der Waals surface area contributed by atoms with E-state index in [4.69, 9.17) is 19.9 Å². The smallest absolute Gasteiger partial charge is 0.182 e. The van der Waals surface area contributed by atoms with E-state index in [9.17, 15) is 5.26 Å². The van der Waals surface area contributed by atoms with Crippen LogP contribution in [-0.2, 0) is 5.41 Å². The van der Waals surface area contributed by atoms with Gasteiger partial charge in [-0.1, -0.05) is 166 Å². The van der Waals surface area contributed by atoms with Gasteiger partial charge in [-0.25, -0.2) is 19.9 Å². The Bertz CT molecular complexity index is 4370. The Morgan fingerprint density at radius 2 is 1.12 bits per heavy atom. The minimum absolute atomic E-state index is 0.236. The van der Waals surface area contributed by atoms with Gasteiger partial charge in [0, 0.05) is 43.8 Å². The van der Waals surface area contributed by atoms with E-state index < -0.39 is 0 Å². The van der Waals surface area contributed by atoms with E-state index in [1.54, 1.807) is 12.2 Å². The number of hydrogen-bond donors (Lipinski definition) is 0. The van der Waals surface area contributed by atoms with Gasteiger partial charge in [-0.05, 0) is 130 Å². The van der Waals surface area contributed by atoms with Crippen molar-refractivity contribution in [1.29, 1.82) is 5.26 Å². The summed E-state index contributed by atoms with van der Waals surface area (Å²) >= 11 is 0. The average Bonchev–Trinajstić information content (AvgIpc) is 4.05. The van der Waals surface area contributed by atoms with Crippen molar-refractivity contribution >= 4 is 49.2 Å². The maximum atomic E-state index is 9.21. The highest BCUT2D eigenvalue weighted by Crippen LogP contribution is 2.51. The molecule has 1 aliphatic carbocycles. The van der Waals surface area contributed by atoms with E-state index in [2.05, 4.69) is 187 Å². The van der Waals surface area contributed by atoms with Crippen LogP contribution in [0.2, 0.25) is 0 Å². The number of pyridine rings is 1. The number of rotatable bonds is 9. The summed E-state index contributed by atoms with van der Waals surface area (Å²) in [5.41, 5.74) is 18.1. The fourth-order valence-corrected chi connectivity index (χ4v) is 11.1. The molecule has 7 nitrogen and oxygen atoms in total. The van der Waals surface area contributed by atoms with Crippen molar-refractivity contribution in [2.24, 2.45) is 0 Å². The van der Waals surface area contributed by atoms with Crippen molar-refractivity contribution in [2.45, 2.75) is 26.2 Å². The molecule has 0 aliphatic heterocycles. The standard InChI is InChI=1S/C67H47N7/c1-42(41-68)18-15-19-43(2)64-70-65(44-20-7-5-8-21-44)72-66(71-64)57-27-17-31-62(69-57)74-58-28-13-11-24-52(58)54-38-45(34-37-60(54)74)46-32-35-50-51-36-33-47(40-56(51)67(3,4)55(50)39-46)49-26-16-30-61-63(49)53-25-12-14-29-59(53)73(61)48-22-9-6-10-23-48/h5-40H,1H2,2-4H3/b18-15-,43-19+. The van der Waals surface area contributed by atoms with Crippen LogP contribution >= 0.6 is 0 Å². The lowest BCUT2D eigenvalue weighted by molar-refractivity contribution is 0.661. The molecule has 0 radical (unpaired) electrons. The number of allylic oxidation sites excluding steroid dienone is 5. The average molecular weight is 950 g/mol. The van der Waals surface area contributed by atoms with Gasteiger partial charge in [0.25, 0.3) is 0 Å². The molecule has 4 heterocycles. The van der Waals surface area contributed by atoms with Gasteiger partial charge in [0.15, 0.2) is 17.5 Å². The van der Waals surface area contributed by atoms with Crippen LogP contribution in [0.5, 0.6) is 0 Å². The number of nitrogens with zero attached hydrogens (tertiary/aromatic N) is 7. The monoisotopic (exact) mass is 949 g/mol. The van der Waals surface area contributed by atoms with E-state index in [0.717, 1.165) is 50.0 Å². The van der Waals surface area contributed by atoms with Gasteiger partial charge in [0.2, 0.25) is 0 Å². The molecule has 4 aromatic heterocycles. The second kappa shape index (κ2) is 17.5. The second-order valence-electron chi connectivity index (χ2n) is 19.5. The van der Waals surface area contributed by atoms with Crippen LogP contribution in [0.25, 0.3) is 117 Å². The fourth-order valence-electron chi connectivity index (χ4n) is 11.1. The number of para-hydroxylation sites is 3. The summed E-state index contributed by atoms with van der Waals surface area (Å²) in [5, 5.41) is 14.0. The third kappa shape index (κ3) is 7.26. The predicted octanol–water partition coefficient (Wildman–Crippen LogP) is 16.5. The number of hydrogen-bond acceptors (Lipinski definition) is 5. The van der Waals surface area contributed by atoms with Crippen molar-refractivity contribution in [3.8, 4) is 73.9 Å². The molecule has 0 amide bonds. The fraction of sp³-hybridized carbons (Fsp3) is 0.0597. The minimum atomic E-state index is -0.236. The number of fused-ring (bicyclic) bond motifs is 9. The van der Waals surface area contributed by atoms with Gasteiger partial charge in [0.1, 0.15) is 11.5 Å². The summed E-state index contributed by atoms with van der Waals surface area (Å²) in [6, 6.07) is 73.6. The van der Waals surface area contributed by atoms with Crippen LogP contribution in [0.3, 0.4) is 0 Å². The summed E-state index contributed by atoms with van der Waals surface area (Å²) in [4.78, 5) is 20.1. The molecule has 74 heavy (non-hydrogen) atoms. The van der Waals surface area contributed by atoms with Gasteiger partial charge < -0.3 is 4.57 Å². The Labute approximate surface area is 429 Å².